The fourth-order valence-electron chi connectivity index (χ4n) is 2.93. The smallest absolute Gasteiger partial charge is 0.191 e. The van der Waals surface area contributed by atoms with Crippen LogP contribution in [0, 0.1) is 5.92 Å². The van der Waals surface area contributed by atoms with Crippen LogP contribution in [-0.2, 0) is 17.9 Å². The number of halogens is 1. The van der Waals surface area contributed by atoms with Gasteiger partial charge in [0.2, 0.25) is 0 Å². The van der Waals surface area contributed by atoms with E-state index in [4.69, 9.17) is 14.2 Å². The molecule has 0 radical (unpaired) electrons. The molecule has 30 heavy (non-hydrogen) atoms. The van der Waals surface area contributed by atoms with Gasteiger partial charge >= 0.3 is 0 Å². The second kappa shape index (κ2) is 13.3. The maximum absolute atomic E-state index is 5.97. The Hall–Kier alpha value is -2.00. The van der Waals surface area contributed by atoms with Gasteiger partial charge in [-0.1, -0.05) is 36.4 Å². The Kier molecular flexibility index (Phi) is 10.8. The third-order valence-electron chi connectivity index (χ3n) is 4.80. The van der Waals surface area contributed by atoms with E-state index >= 15 is 0 Å². The number of benzene rings is 2. The molecule has 2 aromatic rings. The summed E-state index contributed by atoms with van der Waals surface area (Å²) in [4.78, 5) is 4.28. The highest BCUT2D eigenvalue weighted by Gasteiger charge is 2.22. The van der Waals surface area contributed by atoms with Crippen LogP contribution in [0.2, 0.25) is 0 Å². The van der Waals surface area contributed by atoms with Gasteiger partial charge in [0.05, 0.1) is 26.9 Å². The minimum Gasteiger partial charge on any atom is -0.496 e. The third-order valence-corrected chi connectivity index (χ3v) is 4.80. The van der Waals surface area contributed by atoms with Crippen LogP contribution in [0.3, 0.4) is 0 Å². The summed E-state index contributed by atoms with van der Waals surface area (Å²) in [7, 11) is 3.44. The van der Waals surface area contributed by atoms with Crippen molar-refractivity contribution in [2.24, 2.45) is 10.9 Å². The van der Waals surface area contributed by atoms with Gasteiger partial charge < -0.3 is 24.8 Å². The molecule has 3 rings (SSSR count). The summed E-state index contributed by atoms with van der Waals surface area (Å²) in [6.45, 7) is 3.22. The molecule has 6 nitrogen and oxygen atoms in total. The first-order valence-electron chi connectivity index (χ1n) is 10.1. The van der Waals surface area contributed by atoms with Crippen LogP contribution >= 0.6 is 24.0 Å². The van der Waals surface area contributed by atoms with Crippen molar-refractivity contribution in [1.82, 2.24) is 10.6 Å². The first kappa shape index (κ1) is 24.3. The number of ether oxygens (including phenoxy) is 3. The molecule has 0 aromatic heterocycles. The maximum Gasteiger partial charge on any atom is 0.191 e. The lowest BCUT2D eigenvalue weighted by atomic mass is 10.2. The van der Waals surface area contributed by atoms with E-state index in [1.165, 1.54) is 12.8 Å². The lowest BCUT2D eigenvalue weighted by molar-refractivity contribution is 0.123. The zero-order chi connectivity index (χ0) is 20.3. The van der Waals surface area contributed by atoms with Crippen LogP contribution in [0.5, 0.6) is 11.5 Å². The fraction of sp³-hybridized carbons (Fsp3) is 0.435. The number of guanidine groups is 1. The highest BCUT2D eigenvalue weighted by molar-refractivity contribution is 14.0. The van der Waals surface area contributed by atoms with Crippen molar-refractivity contribution in [1.29, 1.82) is 0 Å². The highest BCUT2D eigenvalue weighted by atomic mass is 127. The quantitative estimate of drug-likeness (QED) is 0.201. The van der Waals surface area contributed by atoms with Gasteiger partial charge in [0.15, 0.2) is 5.96 Å². The average molecular weight is 525 g/mol. The topological polar surface area (TPSA) is 64.1 Å². The van der Waals surface area contributed by atoms with E-state index in [1.807, 2.05) is 42.5 Å². The Morgan fingerprint density at radius 3 is 2.40 bits per heavy atom. The van der Waals surface area contributed by atoms with Crippen molar-refractivity contribution in [3.63, 3.8) is 0 Å². The van der Waals surface area contributed by atoms with Crippen LogP contribution < -0.4 is 20.1 Å². The van der Waals surface area contributed by atoms with E-state index in [1.54, 1.807) is 14.2 Å². The molecule has 0 saturated heterocycles. The van der Waals surface area contributed by atoms with Crippen LogP contribution in [0.25, 0.3) is 0 Å². The summed E-state index contributed by atoms with van der Waals surface area (Å²) in [6.07, 6.45) is 2.58. The summed E-state index contributed by atoms with van der Waals surface area (Å²) in [5, 5.41) is 6.62. The molecular formula is C23H32IN3O3. The van der Waals surface area contributed by atoms with E-state index in [0.29, 0.717) is 26.3 Å². The molecule has 1 aliphatic rings. The molecule has 7 heteroatoms. The Balaban J connectivity index is 0.00000320. The van der Waals surface area contributed by atoms with Gasteiger partial charge in [0.1, 0.15) is 11.5 Å². The minimum atomic E-state index is 0. The highest BCUT2D eigenvalue weighted by Crippen LogP contribution is 2.30. The van der Waals surface area contributed by atoms with Crippen LogP contribution in [0.15, 0.2) is 53.5 Å². The van der Waals surface area contributed by atoms with Gasteiger partial charge in [0.25, 0.3) is 0 Å². The van der Waals surface area contributed by atoms with Gasteiger partial charge in [-0.25, -0.2) is 0 Å². The molecular weight excluding hydrogens is 493 g/mol. The molecule has 1 aliphatic carbocycles. The number of hydrogen-bond donors (Lipinski definition) is 2. The second-order valence-electron chi connectivity index (χ2n) is 7.08. The lowest BCUT2D eigenvalue weighted by Gasteiger charge is -2.15. The number of methoxy groups -OCH3 is 1. The van der Waals surface area contributed by atoms with Crippen molar-refractivity contribution < 1.29 is 14.2 Å². The molecule has 0 heterocycles. The molecule has 1 saturated carbocycles. The largest absolute Gasteiger partial charge is 0.496 e. The molecule has 0 atom stereocenters. The monoisotopic (exact) mass is 525 g/mol. The Bertz CT molecular complexity index is 797. The molecule has 164 valence electrons. The van der Waals surface area contributed by atoms with Crippen LogP contribution in [0.4, 0.5) is 0 Å². The van der Waals surface area contributed by atoms with Gasteiger partial charge in [-0.3, -0.25) is 4.99 Å². The Labute approximate surface area is 196 Å². The minimum absolute atomic E-state index is 0. The molecule has 0 spiro atoms. The predicted octanol–water partition coefficient (Wildman–Crippen LogP) is 3.98. The average Bonchev–Trinajstić information content (AvgIpc) is 3.59. The number of rotatable bonds is 11. The first-order valence-corrected chi connectivity index (χ1v) is 10.1. The first-order chi connectivity index (χ1) is 14.3. The van der Waals surface area contributed by atoms with E-state index in [2.05, 4.69) is 21.7 Å². The number of para-hydroxylation sites is 2. The van der Waals surface area contributed by atoms with E-state index in [0.717, 1.165) is 41.1 Å². The molecule has 2 aromatic carbocycles. The Morgan fingerprint density at radius 1 is 1.00 bits per heavy atom. The standard InChI is InChI=1S/C23H31N3O3.HI/c1-24-23(25-13-14-28-17-20-8-4-5-9-21(20)27-2)26-15-19-7-3-6-10-22(19)29-16-18-11-12-18;/h3-10,18H,11-17H2,1-2H3,(H2,24,25,26);1H. The second-order valence-corrected chi connectivity index (χ2v) is 7.08. The summed E-state index contributed by atoms with van der Waals surface area (Å²) in [5.41, 5.74) is 2.17. The van der Waals surface area contributed by atoms with Gasteiger partial charge in [-0.15, -0.1) is 24.0 Å². The van der Waals surface area contributed by atoms with E-state index in [9.17, 15) is 0 Å². The summed E-state index contributed by atoms with van der Waals surface area (Å²) >= 11 is 0. The molecule has 0 unspecified atom stereocenters. The number of aliphatic imine (C=N–C) groups is 1. The van der Waals surface area contributed by atoms with Gasteiger partial charge in [-0.05, 0) is 30.9 Å². The van der Waals surface area contributed by atoms with Crippen molar-refractivity contribution >= 4 is 29.9 Å². The summed E-state index contributed by atoms with van der Waals surface area (Å²) < 4.78 is 17.1. The Morgan fingerprint density at radius 2 is 1.70 bits per heavy atom. The van der Waals surface area contributed by atoms with Crippen molar-refractivity contribution in [2.75, 3.05) is 33.9 Å². The van der Waals surface area contributed by atoms with Crippen LogP contribution in [-0.4, -0.2) is 39.9 Å². The lowest BCUT2D eigenvalue weighted by Crippen LogP contribution is -2.38. The van der Waals surface area contributed by atoms with E-state index < -0.39 is 0 Å². The summed E-state index contributed by atoms with van der Waals surface area (Å²) in [5.74, 6) is 3.27. The molecule has 0 amide bonds. The summed E-state index contributed by atoms with van der Waals surface area (Å²) in [6, 6.07) is 16.0. The van der Waals surface area contributed by atoms with Crippen LogP contribution in [0.1, 0.15) is 24.0 Å². The number of hydrogen-bond acceptors (Lipinski definition) is 4. The maximum atomic E-state index is 5.97. The third kappa shape index (κ3) is 8.02. The fourth-order valence-corrected chi connectivity index (χ4v) is 2.93. The van der Waals surface area contributed by atoms with Gasteiger partial charge in [-0.2, -0.15) is 0 Å². The zero-order valence-electron chi connectivity index (χ0n) is 17.7. The molecule has 0 aliphatic heterocycles. The predicted molar refractivity (Wildman–Crippen MR) is 131 cm³/mol. The molecule has 2 N–H and O–H groups in total. The van der Waals surface area contributed by atoms with E-state index in [-0.39, 0.29) is 24.0 Å². The normalized spacial score (nSPS) is 13.3. The number of nitrogens with one attached hydrogen (secondary N) is 2. The SMILES string of the molecule is CN=C(NCCOCc1ccccc1OC)NCc1ccccc1OCC1CC1.I. The van der Waals surface area contributed by atoms with Crippen molar-refractivity contribution in [3.8, 4) is 11.5 Å². The van der Waals surface area contributed by atoms with Crippen molar-refractivity contribution in [3.05, 3.63) is 59.7 Å². The zero-order valence-corrected chi connectivity index (χ0v) is 20.1. The molecule has 0 bridgehead atoms. The molecule has 1 fully saturated rings. The van der Waals surface area contributed by atoms with Gasteiger partial charge in [0, 0.05) is 31.3 Å². The van der Waals surface area contributed by atoms with Crippen molar-refractivity contribution in [2.45, 2.75) is 26.0 Å². The number of nitrogens with zero attached hydrogens (tertiary/aromatic N) is 1.